The number of carbonyl (C=O) groups excluding carboxylic acids is 3. The number of imide groups is 1. The molecule has 0 bridgehead atoms. The van der Waals surface area contributed by atoms with E-state index < -0.39 is 30.1 Å². The van der Waals surface area contributed by atoms with Crippen LogP contribution in [-0.4, -0.2) is 57.7 Å². The van der Waals surface area contributed by atoms with E-state index in [0.29, 0.717) is 19.3 Å². The topological polar surface area (TPSA) is 162 Å². The summed E-state index contributed by atoms with van der Waals surface area (Å²) in [5.41, 5.74) is 5.73. The summed E-state index contributed by atoms with van der Waals surface area (Å²) >= 11 is 0. The lowest BCUT2D eigenvalue weighted by molar-refractivity contribution is -0.139. The highest BCUT2D eigenvalue weighted by Crippen LogP contribution is 2.16. The Morgan fingerprint density at radius 1 is 1.22 bits per heavy atom. The van der Waals surface area contributed by atoms with Gasteiger partial charge in [0.25, 0.3) is 5.91 Å². The number of nitrogens with one attached hydrogen (secondary N) is 2. The van der Waals surface area contributed by atoms with Crippen molar-refractivity contribution in [3.8, 4) is 5.75 Å². The van der Waals surface area contributed by atoms with E-state index in [1.165, 1.54) is 12.1 Å². The second-order valence-corrected chi connectivity index (χ2v) is 6.26. The van der Waals surface area contributed by atoms with E-state index in [0.717, 1.165) is 10.5 Å². The van der Waals surface area contributed by atoms with Gasteiger partial charge in [-0.2, -0.15) is 0 Å². The molecule has 0 aromatic heterocycles. The van der Waals surface area contributed by atoms with Crippen molar-refractivity contribution in [1.29, 1.82) is 0 Å². The molecule has 1 aliphatic rings. The number of carboxylic acid groups (broad SMARTS) is 1. The number of nitrogens with zero attached hydrogens (tertiary/aromatic N) is 1. The molecule has 0 saturated carbocycles. The maximum atomic E-state index is 12.4. The van der Waals surface area contributed by atoms with Crippen molar-refractivity contribution in [3.63, 3.8) is 0 Å². The van der Waals surface area contributed by atoms with Gasteiger partial charge in [-0.25, -0.2) is 14.4 Å². The van der Waals surface area contributed by atoms with Crippen LogP contribution in [0.1, 0.15) is 24.8 Å². The Kier molecular flexibility index (Phi) is 6.58. The number of aliphatic carboxylic acids is 1. The Bertz CT molecular complexity index is 721. The number of carboxylic acids is 1. The van der Waals surface area contributed by atoms with Gasteiger partial charge in [0.1, 0.15) is 17.8 Å². The van der Waals surface area contributed by atoms with Crippen molar-refractivity contribution in [3.05, 3.63) is 29.8 Å². The molecule has 2 rings (SSSR count). The number of hydrogen-bond acceptors (Lipinski definition) is 5. The Hall–Kier alpha value is -3.30. The third kappa shape index (κ3) is 5.59. The number of benzene rings is 1. The third-order valence-corrected chi connectivity index (χ3v) is 4.22. The maximum Gasteiger partial charge on any atom is 0.326 e. The molecule has 6 N–H and O–H groups in total. The van der Waals surface area contributed by atoms with Crippen LogP contribution in [0.15, 0.2) is 24.3 Å². The highest BCUT2D eigenvalue weighted by Gasteiger charge is 2.37. The predicted molar refractivity (Wildman–Crippen MR) is 93.8 cm³/mol. The molecule has 1 aliphatic heterocycles. The Labute approximate surface area is 155 Å². The average molecular weight is 378 g/mol. The number of unbranched alkanes of at least 4 members (excludes halogenated alkanes) is 1. The lowest BCUT2D eigenvalue weighted by Gasteiger charge is -2.15. The van der Waals surface area contributed by atoms with Crippen LogP contribution in [0.25, 0.3) is 0 Å². The van der Waals surface area contributed by atoms with E-state index in [2.05, 4.69) is 10.6 Å². The number of nitrogens with two attached hydrogens (primary N) is 1. The van der Waals surface area contributed by atoms with Crippen molar-refractivity contribution in [1.82, 2.24) is 15.5 Å². The van der Waals surface area contributed by atoms with Crippen LogP contribution in [0.5, 0.6) is 5.75 Å². The number of rotatable bonds is 9. The van der Waals surface area contributed by atoms with Gasteiger partial charge in [-0.1, -0.05) is 12.1 Å². The fourth-order valence-electron chi connectivity index (χ4n) is 2.84. The minimum absolute atomic E-state index is 0.118. The molecule has 27 heavy (non-hydrogen) atoms. The molecular weight excluding hydrogens is 356 g/mol. The van der Waals surface area contributed by atoms with Gasteiger partial charge in [-0.15, -0.1) is 0 Å². The number of urea groups is 2. The summed E-state index contributed by atoms with van der Waals surface area (Å²) in [6.07, 6.45) is 1.23. The predicted octanol–water partition coefficient (Wildman–Crippen LogP) is 0.147. The van der Waals surface area contributed by atoms with Gasteiger partial charge in [-0.05, 0) is 37.0 Å². The number of amides is 5. The first-order valence-electron chi connectivity index (χ1n) is 8.46. The molecule has 10 heteroatoms. The summed E-state index contributed by atoms with van der Waals surface area (Å²) in [5, 5.41) is 23.0. The monoisotopic (exact) mass is 378 g/mol. The number of phenols is 1. The van der Waals surface area contributed by atoms with Crippen LogP contribution in [0.4, 0.5) is 9.59 Å². The zero-order valence-corrected chi connectivity index (χ0v) is 14.6. The zero-order valence-electron chi connectivity index (χ0n) is 14.6. The minimum atomic E-state index is -1.20. The Balaban J connectivity index is 1.82. The molecular formula is C17H22N4O6. The summed E-state index contributed by atoms with van der Waals surface area (Å²) in [6, 6.07) is 3.17. The third-order valence-electron chi connectivity index (χ3n) is 4.22. The largest absolute Gasteiger partial charge is 0.508 e. The fourth-order valence-corrected chi connectivity index (χ4v) is 2.84. The van der Waals surface area contributed by atoms with E-state index in [1.54, 1.807) is 12.1 Å². The van der Waals surface area contributed by atoms with Crippen LogP contribution < -0.4 is 16.4 Å². The number of carbonyl (C=O) groups is 4. The lowest BCUT2D eigenvalue weighted by Crippen LogP contribution is -2.43. The van der Waals surface area contributed by atoms with Crippen molar-refractivity contribution in [2.45, 2.75) is 37.8 Å². The van der Waals surface area contributed by atoms with Crippen molar-refractivity contribution >= 4 is 23.9 Å². The van der Waals surface area contributed by atoms with Crippen LogP contribution >= 0.6 is 0 Å². The zero-order chi connectivity index (χ0) is 20.0. The summed E-state index contributed by atoms with van der Waals surface area (Å²) < 4.78 is 0. The molecule has 0 aliphatic carbocycles. The summed E-state index contributed by atoms with van der Waals surface area (Å²) in [6.45, 7) is 0.152. The molecule has 1 heterocycles. The lowest BCUT2D eigenvalue weighted by atomic mass is 10.1. The van der Waals surface area contributed by atoms with Crippen LogP contribution in [0, 0.1) is 0 Å². The van der Waals surface area contributed by atoms with Gasteiger partial charge < -0.3 is 26.6 Å². The Morgan fingerprint density at radius 3 is 2.48 bits per heavy atom. The first kappa shape index (κ1) is 20.0. The molecule has 0 spiro atoms. The molecule has 1 fully saturated rings. The number of primary amides is 1. The molecule has 1 saturated heterocycles. The van der Waals surface area contributed by atoms with Gasteiger partial charge in [0.05, 0.1) is 0 Å². The quantitative estimate of drug-likeness (QED) is 0.303. The van der Waals surface area contributed by atoms with E-state index in [9.17, 15) is 24.3 Å². The van der Waals surface area contributed by atoms with Crippen LogP contribution in [0.2, 0.25) is 0 Å². The fraction of sp³-hybridized carbons (Fsp3) is 0.412. The molecule has 2 atom stereocenters. The van der Waals surface area contributed by atoms with Crippen molar-refractivity contribution < 1.29 is 29.4 Å². The van der Waals surface area contributed by atoms with E-state index in [4.69, 9.17) is 10.8 Å². The van der Waals surface area contributed by atoms with Crippen LogP contribution in [-0.2, 0) is 16.0 Å². The number of phenolic OH excluding ortho intramolecular Hbond substituents is 1. The molecule has 5 amide bonds. The van der Waals surface area contributed by atoms with Gasteiger partial charge in [0, 0.05) is 13.0 Å². The van der Waals surface area contributed by atoms with Gasteiger partial charge >= 0.3 is 18.0 Å². The normalized spacial score (nSPS) is 17.5. The van der Waals surface area contributed by atoms with E-state index in [1.807, 2.05) is 0 Å². The molecule has 2 unspecified atom stereocenters. The summed E-state index contributed by atoms with van der Waals surface area (Å²) in [5.74, 6) is -1.43. The second kappa shape index (κ2) is 8.88. The standard InChI is InChI=1S/C17H22N4O6/c18-16(26)19-12(15(24)25)3-1-2-8-21-14(23)13(20-17(21)27)9-10-4-6-11(22)7-5-10/h4-7,12-13,22H,1-3,8-9H2,(H,20,27)(H,24,25)(H3,18,19,26). The summed E-state index contributed by atoms with van der Waals surface area (Å²) in [4.78, 5) is 47.3. The van der Waals surface area contributed by atoms with E-state index in [-0.39, 0.29) is 24.6 Å². The van der Waals surface area contributed by atoms with Crippen molar-refractivity contribution in [2.24, 2.45) is 5.73 Å². The average Bonchev–Trinajstić information content (AvgIpc) is 2.86. The second-order valence-electron chi connectivity index (χ2n) is 6.26. The first-order valence-corrected chi connectivity index (χ1v) is 8.46. The number of hydrogen-bond donors (Lipinski definition) is 5. The van der Waals surface area contributed by atoms with Gasteiger partial charge in [0.2, 0.25) is 0 Å². The maximum absolute atomic E-state index is 12.4. The summed E-state index contributed by atoms with van der Waals surface area (Å²) in [7, 11) is 0. The van der Waals surface area contributed by atoms with E-state index >= 15 is 0 Å². The molecule has 1 aromatic carbocycles. The molecule has 10 nitrogen and oxygen atoms in total. The highest BCUT2D eigenvalue weighted by molar-refractivity contribution is 6.04. The smallest absolute Gasteiger partial charge is 0.326 e. The molecule has 146 valence electrons. The van der Waals surface area contributed by atoms with Crippen LogP contribution in [0.3, 0.4) is 0 Å². The molecule has 1 aromatic rings. The minimum Gasteiger partial charge on any atom is -0.508 e. The molecule has 0 radical (unpaired) electrons. The first-order chi connectivity index (χ1) is 12.8. The van der Waals surface area contributed by atoms with Gasteiger partial charge in [0.15, 0.2) is 0 Å². The highest BCUT2D eigenvalue weighted by atomic mass is 16.4. The van der Waals surface area contributed by atoms with Crippen molar-refractivity contribution in [2.75, 3.05) is 6.54 Å². The SMILES string of the molecule is NC(=O)NC(CCCCN1C(=O)NC(Cc2ccc(O)cc2)C1=O)C(=O)O. The number of aromatic hydroxyl groups is 1. The van der Waals surface area contributed by atoms with Gasteiger partial charge in [-0.3, -0.25) is 9.69 Å². The Morgan fingerprint density at radius 2 is 1.89 bits per heavy atom.